The average Bonchev–Trinajstić information content (AvgIpc) is 2.78. The fraction of sp³-hybridized carbons (Fsp3) is 0.333. The molecular weight excluding hydrogens is 280 g/mol. The minimum atomic E-state index is -3.56. The van der Waals surface area contributed by atoms with Gasteiger partial charge in [0.2, 0.25) is 10.0 Å². The number of amides is 1. The van der Waals surface area contributed by atoms with Crippen LogP contribution < -0.4 is 10.0 Å². The predicted octanol–water partition coefficient (Wildman–Crippen LogP) is -0.139. The molecule has 0 aliphatic heterocycles. The molecule has 7 nitrogen and oxygen atoms in total. The van der Waals surface area contributed by atoms with E-state index in [9.17, 15) is 18.0 Å². The van der Waals surface area contributed by atoms with E-state index in [0.717, 1.165) is 11.3 Å². The van der Waals surface area contributed by atoms with Crippen LogP contribution >= 0.6 is 11.3 Å². The Morgan fingerprint density at radius 2 is 2.11 bits per heavy atom. The standard InChI is InChI=1S/C9H12N2O5S2/c1-10-18(15,16)6-4-7(17-5-6)9(14)11-3-2-8(12)13/h4-5,10H,2-3H2,1H3,(H,11,14)(H,12,13). The first-order valence-electron chi connectivity index (χ1n) is 4.89. The van der Waals surface area contributed by atoms with Gasteiger partial charge in [0, 0.05) is 11.9 Å². The summed E-state index contributed by atoms with van der Waals surface area (Å²) in [6, 6.07) is 1.24. The van der Waals surface area contributed by atoms with Gasteiger partial charge in [-0.05, 0) is 13.1 Å². The van der Waals surface area contributed by atoms with Gasteiger partial charge in [-0.25, -0.2) is 13.1 Å². The number of aliphatic carboxylic acids is 1. The molecule has 18 heavy (non-hydrogen) atoms. The van der Waals surface area contributed by atoms with Crippen molar-refractivity contribution in [2.75, 3.05) is 13.6 Å². The third kappa shape index (κ3) is 3.79. The van der Waals surface area contributed by atoms with Gasteiger partial charge in [0.25, 0.3) is 5.91 Å². The molecule has 1 rings (SSSR count). The van der Waals surface area contributed by atoms with Crippen molar-refractivity contribution in [3.63, 3.8) is 0 Å². The van der Waals surface area contributed by atoms with Gasteiger partial charge in [-0.15, -0.1) is 11.3 Å². The van der Waals surface area contributed by atoms with Crippen LogP contribution in [0.15, 0.2) is 16.3 Å². The van der Waals surface area contributed by atoms with Crippen molar-refractivity contribution in [2.45, 2.75) is 11.3 Å². The molecule has 0 fully saturated rings. The Morgan fingerprint density at radius 3 is 2.67 bits per heavy atom. The summed E-state index contributed by atoms with van der Waals surface area (Å²) >= 11 is 0.980. The van der Waals surface area contributed by atoms with E-state index in [0.29, 0.717) is 0 Å². The van der Waals surface area contributed by atoms with Crippen LogP contribution in [0.1, 0.15) is 16.1 Å². The number of carboxylic acids is 1. The Bertz CT molecular complexity index is 549. The molecule has 1 aromatic heterocycles. The van der Waals surface area contributed by atoms with Gasteiger partial charge in [-0.2, -0.15) is 0 Å². The van der Waals surface area contributed by atoms with E-state index in [-0.39, 0.29) is 22.7 Å². The van der Waals surface area contributed by atoms with Gasteiger partial charge in [-0.3, -0.25) is 9.59 Å². The molecule has 0 atom stereocenters. The number of hydrogen-bond acceptors (Lipinski definition) is 5. The summed E-state index contributed by atoms with van der Waals surface area (Å²) in [6.45, 7) is 0.000176. The summed E-state index contributed by atoms with van der Waals surface area (Å²) in [5.74, 6) is -1.50. The second kappa shape index (κ2) is 5.94. The highest BCUT2D eigenvalue weighted by molar-refractivity contribution is 7.89. The van der Waals surface area contributed by atoms with Crippen LogP contribution in [0.4, 0.5) is 0 Å². The van der Waals surface area contributed by atoms with Crippen LogP contribution in [0.2, 0.25) is 0 Å². The number of nitrogens with one attached hydrogen (secondary N) is 2. The lowest BCUT2D eigenvalue weighted by Crippen LogP contribution is -2.25. The number of hydrogen-bond donors (Lipinski definition) is 3. The van der Waals surface area contributed by atoms with Crippen molar-refractivity contribution < 1.29 is 23.1 Å². The van der Waals surface area contributed by atoms with E-state index in [1.165, 1.54) is 18.5 Å². The molecule has 0 unspecified atom stereocenters. The first kappa shape index (κ1) is 14.6. The fourth-order valence-corrected chi connectivity index (χ4v) is 2.99. The quantitative estimate of drug-likeness (QED) is 0.675. The molecule has 9 heteroatoms. The molecule has 3 N–H and O–H groups in total. The minimum absolute atomic E-state index is 0.000176. The summed E-state index contributed by atoms with van der Waals surface area (Å²) in [6.07, 6.45) is -0.182. The zero-order valence-corrected chi connectivity index (χ0v) is 11.1. The zero-order valence-electron chi connectivity index (χ0n) is 9.47. The van der Waals surface area contributed by atoms with E-state index in [1.807, 2.05) is 0 Å². The maximum atomic E-state index is 11.5. The zero-order chi connectivity index (χ0) is 13.8. The largest absolute Gasteiger partial charge is 0.481 e. The maximum Gasteiger partial charge on any atom is 0.305 e. The van der Waals surface area contributed by atoms with Gasteiger partial charge in [0.1, 0.15) is 0 Å². The Balaban J connectivity index is 2.69. The van der Waals surface area contributed by atoms with Crippen molar-refractivity contribution in [3.8, 4) is 0 Å². The monoisotopic (exact) mass is 292 g/mol. The Kier molecular flexibility index (Phi) is 4.82. The lowest BCUT2D eigenvalue weighted by Gasteiger charge is -2.00. The topological polar surface area (TPSA) is 113 Å². The van der Waals surface area contributed by atoms with Crippen molar-refractivity contribution in [2.24, 2.45) is 0 Å². The summed E-state index contributed by atoms with van der Waals surface area (Å²) in [4.78, 5) is 22.0. The first-order valence-corrected chi connectivity index (χ1v) is 7.25. The van der Waals surface area contributed by atoms with Crippen LogP contribution in [0.25, 0.3) is 0 Å². The maximum absolute atomic E-state index is 11.5. The van der Waals surface area contributed by atoms with E-state index < -0.39 is 21.9 Å². The Labute approximate surface area is 108 Å². The highest BCUT2D eigenvalue weighted by Crippen LogP contribution is 2.18. The summed E-state index contributed by atoms with van der Waals surface area (Å²) in [7, 11) is -2.28. The number of thiophene rings is 1. The number of carbonyl (C=O) groups is 2. The van der Waals surface area contributed by atoms with E-state index in [2.05, 4.69) is 10.0 Å². The Hall–Kier alpha value is -1.45. The van der Waals surface area contributed by atoms with E-state index >= 15 is 0 Å². The van der Waals surface area contributed by atoms with Crippen LogP contribution in [0, 0.1) is 0 Å². The first-order chi connectivity index (χ1) is 8.36. The highest BCUT2D eigenvalue weighted by atomic mass is 32.2. The molecule has 0 aliphatic carbocycles. The van der Waals surface area contributed by atoms with E-state index in [4.69, 9.17) is 5.11 Å². The second-order valence-electron chi connectivity index (χ2n) is 3.25. The number of sulfonamides is 1. The number of carbonyl (C=O) groups excluding carboxylic acids is 1. The molecule has 1 amide bonds. The molecule has 0 bridgehead atoms. The van der Waals surface area contributed by atoms with Crippen LogP contribution in [0.5, 0.6) is 0 Å². The van der Waals surface area contributed by atoms with Crippen LogP contribution in [0.3, 0.4) is 0 Å². The number of carboxylic acid groups (broad SMARTS) is 1. The molecule has 0 saturated heterocycles. The van der Waals surface area contributed by atoms with Crippen LogP contribution in [-0.4, -0.2) is 39.0 Å². The molecule has 1 aromatic rings. The summed E-state index contributed by atoms with van der Waals surface area (Å²) < 4.78 is 25.0. The molecule has 0 radical (unpaired) electrons. The average molecular weight is 292 g/mol. The molecule has 1 heterocycles. The third-order valence-corrected chi connectivity index (χ3v) is 4.47. The fourth-order valence-electron chi connectivity index (χ4n) is 1.07. The lowest BCUT2D eigenvalue weighted by atomic mass is 10.4. The van der Waals surface area contributed by atoms with Gasteiger partial charge in [0.15, 0.2) is 0 Å². The number of rotatable bonds is 6. The van der Waals surface area contributed by atoms with Gasteiger partial charge in [0.05, 0.1) is 16.2 Å². The molecular formula is C9H12N2O5S2. The smallest absolute Gasteiger partial charge is 0.305 e. The van der Waals surface area contributed by atoms with Crippen molar-refractivity contribution in [1.82, 2.24) is 10.0 Å². The molecule has 0 aliphatic rings. The summed E-state index contributed by atoms with van der Waals surface area (Å²) in [5, 5.41) is 12.1. The highest BCUT2D eigenvalue weighted by Gasteiger charge is 2.16. The molecule has 0 aromatic carbocycles. The Morgan fingerprint density at radius 1 is 1.44 bits per heavy atom. The van der Waals surface area contributed by atoms with Crippen LogP contribution in [-0.2, 0) is 14.8 Å². The van der Waals surface area contributed by atoms with Crippen molar-refractivity contribution >= 4 is 33.2 Å². The lowest BCUT2D eigenvalue weighted by molar-refractivity contribution is -0.136. The molecule has 0 saturated carbocycles. The summed E-state index contributed by atoms with van der Waals surface area (Å²) in [5.41, 5.74) is 0. The van der Waals surface area contributed by atoms with Gasteiger partial charge >= 0.3 is 5.97 Å². The van der Waals surface area contributed by atoms with Gasteiger partial charge < -0.3 is 10.4 Å². The minimum Gasteiger partial charge on any atom is -0.481 e. The van der Waals surface area contributed by atoms with Gasteiger partial charge in [-0.1, -0.05) is 0 Å². The normalized spacial score (nSPS) is 11.2. The van der Waals surface area contributed by atoms with Crippen molar-refractivity contribution in [1.29, 1.82) is 0 Å². The van der Waals surface area contributed by atoms with E-state index in [1.54, 1.807) is 0 Å². The second-order valence-corrected chi connectivity index (χ2v) is 6.05. The molecule has 100 valence electrons. The SMILES string of the molecule is CNS(=O)(=O)c1csc(C(=O)NCCC(=O)O)c1. The van der Waals surface area contributed by atoms with Crippen molar-refractivity contribution in [3.05, 3.63) is 16.3 Å². The predicted molar refractivity (Wildman–Crippen MR) is 65.2 cm³/mol. The third-order valence-electron chi connectivity index (χ3n) is 2.00. The molecule has 0 spiro atoms.